The number of carbonyl (C=O) groups is 1. The molecule has 1 atom stereocenters. The minimum atomic E-state index is 0.209. The highest BCUT2D eigenvalue weighted by molar-refractivity contribution is 5.76. The van der Waals surface area contributed by atoms with Crippen molar-refractivity contribution in [3.63, 3.8) is 0 Å². The van der Waals surface area contributed by atoms with Crippen LogP contribution in [-0.2, 0) is 4.79 Å². The van der Waals surface area contributed by atoms with Gasteiger partial charge in [-0.15, -0.1) is 0 Å². The molecular weight excluding hydrogens is 240 g/mol. The van der Waals surface area contributed by atoms with Crippen LogP contribution in [-0.4, -0.2) is 49.5 Å². The third kappa shape index (κ3) is 2.89. The van der Waals surface area contributed by atoms with Gasteiger partial charge in [-0.1, -0.05) is 25.1 Å². The summed E-state index contributed by atoms with van der Waals surface area (Å²) < 4.78 is 5.44. The van der Waals surface area contributed by atoms with Gasteiger partial charge in [0.1, 0.15) is 5.75 Å². The molecule has 1 aliphatic rings. The van der Waals surface area contributed by atoms with Crippen molar-refractivity contribution >= 4 is 5.91 Å². The van der Waals surface area contributed by atoms with E-state index in [4.69, 9.17) is 4.74 Å². The quantitative estimate of drug-likeness (QED) is 0.834. The molecule has 2 rings (SSSR count). The van der Waals surface area contributed by atoms with E-state index in [1.165, 1.54) is 0 Å². The van der Waals surface area contributed by atoms with Gasteiger partial charge in [0, 0.05) is 31.6 Å². The molecule has 0 aromatic heterocycles. The predicted octanol–water partition coefficient (Wildman–Crippen LogP) is 1.92. The molecule has 4 heteroatoms. The number of rotatable bonds is 3. The van der Waals surface area contributed by atoms with Crippen LogP contribution in [0.4, 0.5) is 0 Å². The Hall–Kier alpha value is -1.55. The number of benzene rings is 1. The van der Waals surface area contributed by atoms with Crippen LogP contribution < -0.4 is 4.74 Å². The van der Waals surface area contributed by atoms with E-state index in [2.05, 4.69) is 18.0 Å². The Labute approximate surface area is 115 Å². The van der Waals surface area contributed by atoms with Crippen LogP contribution in [0, 0.1) is 0 Å². The van der Waals surface area contributed by atoms with Crippen LogP contribution in [0.2, 0.25) is 0 Å². The molecule has 1 amide bonds. The second kappa shape index (κ2) is 6.06. The zero-order valence-electron chi connectivity index (χ0n) is 11.9. The molecule has 0 aliphatic carbocycles. The zero-order chi connectivity index (χ0) is 13.8. The van der Waals surface area contributed by atoms with E-state index in [1.807, 2.05) is 30.0 Å². The fraction of sp³-hybridized carbons (Fsp3) is 0.533. The van der Waals surface area contributed by atoms with Crippen molar-refractivity contribution in [3.8, 4) is 5.75 Å². The molecule has 1 aliphatic heterocycles. The third-order valence-electron chi connectivity index (χ3n) is 3.80. The molecule has 19 heavy (non-hydrogen) atoms. The molecule has 4 nitrogen and oxygen atoms in total. The van der Waals surface area contributed by atoms with Gasteiger partial charge >= 0.3 is 0 Å². The first-order valence-electron chi connectivity index (χ1n) is 6.78. The summed E-state index contributed by atoms with van der Waals surface area (Å²) in [4.78, 5) is 16.1. The summed E-state index contributed by atoms with van der Waals surface area (Å²) >= 11 is 0. The van der Waals surface area contributed by atoms with E-state index < -0.39 is 0 Å². The lowest BCUT2D eigenvalue weighted by atomic mass is 10.0. The number of carbonyl (C=O) groups excluding carboxylic acids is 1. The Morgan fingerprint density at radius 3 is 2.79 bits per heavy atom. The molecule has 1 heterocycles. The lowest BCUT2D eigenvalue weighted by Gasteiger charge is -2.40. The van der Waals surface area contributed by atoms with Crippen LogP contribution in [0.1, 0.15) is 24.9 Å². The Bertz CT molecular complexity index is 448. The van der Waals surface area contributed by atoms with Crippen LogP contribution in [0.3, 0.4) is 0 Å². The molecule has 0 spiro atoms. The molecule has 0 N–H and O–H groups in total. The first-order chi connectivity index (χ1) is 9.17. The van der Waals surface area contributed by atoms with Crippen LogP contribution in [0.25, 0.3) is 0 Å². The van der Waals surface area contributed by atoms with Crippen molar-refractivity contribution in [2.24, 2.45) is 0 Å². The van der Waals surface area contributed by atoms with Gasteiger partial charge in [-0.05, 0) is 13.1 Å². The highest BCUT2D eigenvalue weighted by Crippen LogP contribution is 2.31. The summed E-state index contributed by atoms with van der Waals surface area (Å²) in [5.74, 6) is 1.12. The number of amides is 1. The Kier molecular flexibility index (Phi) is 4.43. The minimum Gasteiger partial charge on any atom is -0.496 e. The smallest absolute Gasteiger partial charge is 0.222 e. The van der Waals surface area contributed by atoms with Crippen LogP contribution in [0.15, 0.2) is 24.3 Å². The van der Waals surface area contributed by atoms with Gasteiger partial charge < -0.3 is 9.64 Å². The van der Waals surface area contributed by atoms with Gasteiger partial charge in [-0.25, -0.2) is 0 Å². The Balaban J connectivity index is 2.23. The summed E-state index contributed by atoms with van der Waals surface area (Å²) in [6.45, 7) is 4.37. The number of ether oxygens (including phenoxy) is 1. The SMILES string of the molecule is CCC(=O)N1CCN(C)C(c2ccccc2OC)C1. The minimum absolute atomic E-state index is 0.209. The number of methoxy groups -OCH3 is 1. The van der Waals surface area contributed by atoms with E-state index in [-0.39, 0.29) is 11.9 Å². The van der Waals surface area contributed by atoms with Crippen molar-refractivity contribution in [3.05, 3.63) is 29.8 Å². The average Bonchev–Trinajstić information content (AvgIpc) is 2.47. The Morgan fingerprint density at radius 2 is 2.11 bits per heavy atom. The molecule has 1 aromatic rings. The maximum absolute atomic E-state index is 11.9. The van der Waals surface area contributed by atoms with Crippen molar-refractivity contribution in [2.45, 2.75) is 19.4 Å². The van der Waals surface area contributed by atoms with Gasteiger partial charge in [0.15, 0.2) is 0 Å². The lowest BCUT2D eigenvalue weighted by Crippen LogP contribution is -2.48. The van der Waals surface area contributed by atoms with Crippen molar-refractivity contribution in [2.75, 3.05) is 33.8 Å². The van der Waals surface area contributed by atoms with Crippen LogP contribution in [0.5, 0.6) is 5.75 Å². The summed E-state index contributed by atoms with van der Waals surface area (Å²) in [6.07, 6.45) is 0.572. The molecule has 1 saturated heterocycles. The summed E-state index contributed by atoms with van der Waals surface area (Å²) in [7, 11) is 3.79. The lowest BCUT2D eigenvalue weighted by molar-refractivity contribution is -0.133. The highest BCUT2D eigenvalue weighted by atomic mass is 16.5. The standard InChI is InChI=1S/C15H22N2O2/c1-4-15(18)17-10-9-16(2)13(11-17)12-7-5-6-8-14(12)19-3/h5-8,13H,4,9-11H2,1-3H3. The van der Waals surface area contributed by atoms with Crippen molar-refractivity contribution < 1.29 is 9.53 Å². The molecule has 0 saturated carbocycles. The second-order valence-electron chi connectivity index (χ2n) is 4.93. The van der Waals surface area contributed by atoms with Crippen molar-refractivity contribution in [1.82, 2.24) is 9.80 Å². The zero-order valence-corrected chi connectivity index (χ0v) is 11.9. The van der Waals surface area contributed by atoms with Gasteiger partial charge in [-0.3, -0.25) is 9.69 Å². The summed E-state index contributed by atoms with van der Waals surface area (Å²) in [6, 6.07) is 8.26. The van der Waals surface area contributed by atoms with Gasteiger partial charge in [0.05, 0.1) is 13.2 Å². The predicted molar refractivity (Wildman–Crippen MR) is 75.2 cm³/mol. The van der Waals surface area contributed by atoms with Gasteiger partial charge in [-0.2, -0.15) is 0 Å². The van der Waals surface area contributed by atoms with Crippen LogP contribution >= 0.6 is 0 Å². The van der Waals surface area contributed by atoms with E-state index in [9.17, 15) is 4.79 Å². The fourth-order valence-corrected chi connectivity index (χ4v) is 2.60. The number of nitrogens with zero attached hydrogens (tertiary/aromatic N) is 2. The van der Waals surface area contributed by atoms with Gasteiger partial charge in [0.2, 0.25) is 5.91 Å². The Morgan fingerprint density at radius 1 is 1.37 bits per heavy atom. The monoisotopic (exact) mass is 262 g/mol. The van der Waals surface area contributed by atoms with E-state index in [0.29, 0.717) is 6.42 Å². The average molecular weight is 262 g/mol. The number of likely N-dealkylation sites (N-methyl/N-ethyl adjacent to an activating group) is 1. The number of hydrogen-bond donors (Lipinski definition) is 0. The third-order valence-corrected chi connectivity index (χ3v) is 3.80. The summed E-state index contributed by atoms with van der Waals surface area (Å²) in [5.41, 5.74) is 1.15. The molecule has 0 radical (unpaired) electrons. The van der Waals surface area contributed by atoms with E-state index >= 15 is 0 Å². The maximum atomic E-state index is 11.9. The molecule has 104 valence electrons. The maximum Gasteiger partial charge on any atom is 0.222 e. The molecule has 0 bridgehead atoms. The van der Waals surface area contributed by atoms with E-state index in [1.54, 1.807) is 7.11 Å². The first-order valence-corrected chi connectivity index (χ1v) is 6.78. The van der Waals surface area contributed by atoms with Gasteiger partial charge in [0.25, 0.3) is 0 Å². The van der Waals surface area contributed by atoms with Crippen molar-refractivity contribution in [1.29, 1.82) is 0 Å². The molecule has 1 unspecified atom stereocenters. The largest absolute Gasteiger partial charge is 0.496 e. The summed E-state index contributed by atoms with van der Waals surface area (Å²) in [5, 5.41) is 0. The topological polar surface area (TPSA) is 32.8 Å². The number of para-hydroxylation sites is 1. The van der Waals surface area contributed by atoms with E-state index in [0.717, 1.165) is 30.9 Å². The number of hydrogen-bond acceptors (Lipinski definition) is 3. The normalized spacial score (nSPS) is 20.4. The second-order valence-corrected chi connectivity index (χ2v) is 4.93. The fourth-order valence-electron chi connectivity index (χ4n) is 2.60. The molecule has 1 aromatic carbocycles. The molecule has 1 fully saturated rings. The first kappa shape index (κ1) is 13.9. The highest BCUT2D eigenvalue weighted by Gasteiger charge is 2.29. The number of piperazine rings is 1. The molecular formula is C15H22N2O2.